The molecule has 0 saturated carbocycles. The van der Waals surface area contributed by atoms with Crippen molar-refractivity contribution in [3.05, 3.63) is 101 Å². The minimum atomic E-state index is -4.64. The number of carboxylic acid groups (broad SMARTS) is 1. The summed E-state index contributed by atoms with van der Waals surface area (Å²) in [6.07, 6.45) is 0.815. The molecule has 4 rings (SSSR count). The molecule has 3 aromatic carbocycles. The highest BCUT2D eigenvalue weighted by atomic mass is 31.2. The predicted octanol–water partition coefficient (Wildman–Crippen LogP) is 2.78. The number of aliphatic carboxylic acids is 1. The first-order valence-electron chi connectivity index (χ1n) is 11.1. The summed E-state index contributed by atoms with van der Waals surface area (Å²) in [5, 5.41) is 9.67. The molecule has 0 amide bonds. The van der Waals surface area contributed by atoms with Crippen LogP contribution in [0.25, 0.3) is 11.1 Å². The Hall–Kier alpha value is -3.43. The summed E-state index contributed by atoms with van der Waals surface area (Å²) < 4.78 is 14.6. The van der Waals surface area contributed by atoms with Gasteiger partial charge < -0.3 is 24.5 Å². The van der Waals surface area contributed by atoms with Crippen LogP contribution in [0.3, 0.4) is 0 Å². The molecule has 1 aliphatic carbocycles. The number of phosphoric acid groups is 1. The number of carbonyl (C=O) groups is 1. The van der Waals surface area contributed by atoms with Gasteiger partial charge in [-0.3, -0.25) is 9.63 Å². The maximum absolute atomic E-state index is 11.8. The second kappa shape index (κ2) is 13.2. The number of rotatable bonds is 10. The maximum Gasteiger partial charge on any atom is 0.466 e. The Kier molecular flexibility index (Phi) is 10.0. The molecule has 5 N–H and O–H groups in total. The van der Waals surface area contributed by atoms with Crippen LogP contribution in [-0.4, -0.2) is 43.8 Å². The zero-order chi connectivity index (χ0) is 26.8. The van der Waals surface area contributed by atoms with Crippen molar-refractivity contribution in [3.63, 3.8) is 0 Å². The summed E-state index contributed by atoms with van der Waals surface area (Å²) in [6.45, 7) is 0.330. The van der Waals surface area contributed by atoms with Gasteiger partial charge in [-0.1, -0.05) is 72.8 Å². The molecule has 0 aromatic heterocycles. The lowest BCUT2D eigenvalue weighted by molar-refractivity contribution is -0.150. The number of ether oxygens (including phenoxy) is 1. The summed E-state index contributed by atoms with van der Waals surface area (Å²) in [4.78, 5) is 49.9. The number of hydroxylamine groups is 1. The van der Waals surface area contributed by atoms with Crippen molar-refractivity contribution in [1.82, 2.24) is 5.48 Å². The summed E-state index contributed by atoms with van der Waals surface area (Å²) in [5.41, 5.74) is 9.22. The number of hydrogen-bond donors (Lipinski definition) is 5. The van der Waals surface area contributed by atoms with Crippen molar-refractivity contribution < 1.29 is 43.5 Å². The van der Waals surface area contributed by atoms with Crippen molar-refractivity contribution >= 4 is 19.7 Å². The molecule has 10 nitrogen and oxygen atoms in total. The highest BCUT2D eigenvalue weighted by Crippen LogP contribution is 2.38. The average molecular weight is 527 g/mol. The van der Waals surface area contributed by atoms with E-state index in [0.29, 0.717) is 0 Å². The van der Waals surface area contributed by atoms with Crippen LogP contribution in [-0.2, 0) is 43.4 Å². The first kappa shape index (κ1) is 28.1. The Labute approximate surface area is 213 Å². The molecule has 0 saturated heterocycles. The summed E-state index contributed by atoms with van der Waals surface area (Å²) >= 11 is 0. The fraction of sp³-hybridized carbons (Fsp3) is 0.192. The van der Waals surface area contributed by atoms with E-state index in [1.165, 1.54) is 22.3 Å². The predicted molar refractivity (Wildman–Crippen MR) is 134 cm³/mol. The van der Waals surface area contributed by atoms with E-state index in [4.69, 9.17) is 28.8 Å². The molecule has 3 aromatic rings. The largest absolute Gasteiger partial charge is 0.480 e. The zero-order valence-electron chi connectivity index (χ0n) is 19.6. The van der Waals surface area contributed by atoms with E-state index in [0.717, 1.165) is 23.6 Å². The van der Waals surface area contributed by atoms with Crippen molar-refractivity contribution in [2.45, 2.75) is 31.8 Å². The van der Waals surface area contributed by atoms with Crippen molar-refractivity contribution in [2.75, 3.05) is 0 Å². The maximum atomic E-state index is 11.8. The van der Waals surface area contributed by atoms with Gasteiger partial charge in [-0.05, 0) is 39.8 Å². The van der Waals surface area contributed by atoms with Crippen molar-refractivity contribution in [2.24, 2.45) is 0 Å². The number of fused-ring (bicyclic) bond motifs is 3. The Morgan fingerprint density at radius 2 is 1.62 bits per heavy atom. The molecule has 1 aliphatic rings. The molecule has 194 valence electrons. The Bertz CT molecular complexity index is 1290. The standard InChI is InChI=1S/C26H23NO5.H3O4P/c28-14-13-24(31-16-18-7-2-1-3-8-18)25(26(29)30)27-32-17-20-10-6-12-22-21-11-5-4-9-19(21)15-23(20)22;1-5(2,3)4/h1-13,24-25,27H,15-17H2,(H,29,30);(H3,1,2,3,4). The van der Waals surface area contributed by atoms with Crippen molar-refractivity contribution in [3.8, 4) is 11.1 Å². The normalized spacial score (nSPS) is 13.3. The highest BCUT2D eigenvalue weighted by molar-refractivity contribution is 7.45. The van der Waals surface area contributed by atoms with Gasteiger partial charge in [0.25, 0.3) is 0 Å². The first-order valence-corrected chi connectivity index (χ1v) is 12.7. The summed E-state index contributed by atoms with van der Waals surface area (Å²) in [7, 11) is -4.64. The Morgan fingerprint density at radius 3 is 2.30 bits per heavy atom. The molecule has 2 unspecified atom stereocenters. The van der Waals surface area contributed by atoms with Gasteiger partial charge >= 0.3 is 13.8 Å². The van der Waals surface area contributed by atoms with Crippen LogP contribution in [0, 0.1) is 0 Å². The van der Waals surface area contributed by atoms with Crippen LogP contribution in [0.1, 0.15) is 22.3 Å². The number of benzene rings is 3. The summed E-state index contributed by atoms with van der Waals surface area (Å²) in [5.74, 6) is 0.439. The smallest absolute Gasteiger partial charge is 0.466 e. The van der Waals surface area contributed by atoms with E-state index in [1.54, 1.807) is 5.94 Å². The highest BCUT2D eigenvalue weighted by Gasteiger charge is 2.28. The Morgan fingerprint density at radius 1 is 0.973 bits per heavy atom. The van der Waals surface area contributed by atoms with E-state index in [1.807, 2.05) is 54.6 Å². The van der Waals surface area contributed by atoms with E-state index < -0.39 is 25.9 Å². The van der Waals surface area contributed by atoms with Gasteiger partial charge in [0.05, 0.1) is 13.2 Å². The molecule has 0 heterocycles. The Balaban J connectivity index is 0.000000695. The topological polar surface area (TPSA) is 163 Å². The van der Waals surface area contributed by atoms with Crippen LogP contribution in [0.5, 0.6) is 0 Å². The number of carbonyl (C=O) groups excluding carboxylic acids is 1. The second-order valence-corrected chi connectivity index (χ2v) is 9.09. The molecular weight excluding hydrogens is 501 g/mol. The quantitative estimate of drug-likeness (QED) is 0.118. The first-order chi connectivity index (χ1) is 17.7. The number of carboxylic acids is 1. The molecule has 0 fully saturated rings. The fourth-order valence-corrected chi connectivity index (χ4v) is 3.90. The van der Waals surface area contributed by atoms with E-state index in [2.05, 4.69) is 23.7 Å². The second-order valence-electron chi connectivity index (χ2n) is 8.06. The van der Waals surface area contributed by atoms with Gasteiger partial charge in [0.1, 0.15) is 12.0 Å². The third-order valence-corrected chi connectivity index (χ3v) is 5.50. The number of nitrogens with one attached hydrogen (secondary N) is 1. The van der Waals surface area contributed by atoms with Crippen LogP contribution in [0.4, 0.5) is 0 Å². The fourth-order valence-electron chi connectivity index (χ4n) is 3.90. The minimum Gasteiger partial charge on any atom is -0.480 e. The van der Waals surface area contributed by atoms with Gasteiger partial charge in [-0.15, -0.1) is 0 Å². The van der Waals surface area contributed by atoms with Gasteiger partial charge in [-0.2, -0.15) is 5.48 Å². The van der Waals surface area contributed by atoms with Gasteiger partial charge in [0, 0.05) is 6.08 Å². The molecule has 11 heteroatoms. The molecule has 2 atom stereocenters. The van der Waals surface area contributed by atoms with Crippen LogP contribution < -0.4 is 5.48 Å². The number of hydrogen-bond acceptors (Lipinski definition) is 6. The SMILES string of the molecule is O=C=CC(OCc1ccccc1)C(NOCc1cccc2c1Cc1ccccc1-2)C(=O)O.O=P(O)(O)O. The molecule has 37 heavy (non-hydrogen) atoms. The lowest BCUT2D eigenvalue weighted by Crippen LogP contribution is -2.46. The minimum absolute atomic E-state index is 0.152. The lowest BCUT2D eigenvalue weighted by atomic mass is 10.0. The lowest BCUT2D eigenvalue weighted by Gasteiger charge is -2.22. The van der Waals surface area contributed by atoms with E-state index in [-0.39, 0.29) is 13.2 Å². The van der Waals surface area contributed by atoms with Gasteiger partial charge in [0.2, 0.25) is 0 Å². The third-order valence-electron chi connectivity index (χ3n) is 5.50. The third kappa shape index (κ3) is 8.58. The van der Waals surface area contributed by atoms with Gasteiger partial charge in [-0.25, -0.2) is 9.36 Å². The van der Waals surface area contributed by atoms with E-state index >= 15 is 0 Å². The molecule has 0 spiro atoms. The monoisotopic (exact) mass is 527 g/mol. The molecular formula is C26H26NO9P. The van der Waals surface area contributed by atoms with E-state index in [9.17, 15) is 14.7 Å². The van der Waals surface area contributed by atoms with Crippen molar-refractivity contribution in [1.29, 1.82) is 0 Å². The van der Waals surface area contributed by atoms with Gasteiger partial charge in [0.15, 0.2) is 6.04 Å². The zero-order valence-corrected chi connectivity index (χ0v) is 20.5. The summed E-state index contributed by atoms with van der Waals surface area (Å²) in [6, 6.07) is 22.3. The van der Waals surface area contributed by atoms with Crippen LogP contribution in [0.2, 0.25) is 0 Å². The average Bonchev–Trinajstić information content (AvgIpc) is 3.24. The molecule has 0 bridgehead atoms. The molecule has 0 radical (unpaired) electrons. The van der Waals surface area contributed by atoms with Crippen LogP contribution >= 0.6 is 7.82 Å². The van der Waals surface area contributed by atoms with Crippen LogP contribution in [0.15, 0.2) is 78.9 Å². The molecule has 0 aliphatic heterocycles.